The zero-order valence-corrected chi connectivity index (χ0v) is 10.9. The van der Waals surface area contributed by atoms with Gasteiger partial charge in [-0.25, -0.2) is 0 Å². The van der Waals surface area contributed by atoms with Gasteiger partial charge in [-0.1, -0.05) is 13.8 Å². The predicted octanol–water partition coefficient (Wildman–Crippen LogP) is 1.01. The Kier molecular flexibility index (Phi) is 4.74. The van der Waals surface area contributed by atoms with E-state index < -0.39 is 5.54 Å². The van der Waals surface area contributed by atoms with Gasteiger partial charge < -0.3 is 10.1 Å². The van der Waals surface area contributed by atoms with E-state index >= 15 is 0 Å². The lowest BCUT2D eigenvalue weighted by atomic mass is 10.0. The molecule has 1 rings (SSSR count). The number of methoxy groups -OCH3 is 1. The van der Waals surface area contributed by atoms with Crippen LogP contribution < -0.4 is 5.32 Å². The predicted molar refractivity (Wildman–Crippen MR) is 64.4 cm³/mol. The number of hydrogen-bond donors (Lipinski definition) is 1. The van der Waals surface area contributed by atoms with Gasteiger partial charge in [0.1, 0.15) is 5.54 Å². The number of ether oxygens (including phenoxy) is 1. The smallest absolute Gasteiger partial charge is 0.327 e. The van der Waals surface area contributed by atoms with E-state index in [1.807, 2.05) is 13.8 Å². The van der Waals surface area contributed by atoms with Gasteiger partial charge in [0.25, 0.3) is 0 Å². The van der Waals surface area contributed by atoms with Crippen molar-refractivity contribution in [3.8, 4) is 0 Å². The second kappa shape index (κ2) is 5.64. The maximum Gasteiger partial charge on any atom is 0.327 e. The number of rotatable bonds is 7. The van der Waals surface area contributed by atoms with Gasteiger partial charge in [-0.2, -0.15) is 0 Å². The van der Waals surface area contributed by atoms with E-state index in [0.29, 0.717) is 6.04 Å². The van der Waals surface area contributed by atoms with E-state index in [2.05, 4.69) is 17.1 Å². The summed E-state index contributed by atoms with van der Waals surface area (Å²) in [7, 11) is 1.45. The van der Waals surface area contributed by atoms with Crippen LogP contribution in [0.4, 0.5) is 0 Å². The fourth-order valence-corrected chi connectivity index (χ4v) is 2.15. The highest BCUT2D eigenvalue weighted by Gasteiger charge is 2.39. The number of carbonyl (C=O) groups excluding carboxylic acids is 1. The molecule has 1 fully saturated rings. The third kappa shape index (κ3) is 3.19. The first-order valence-electron chi connectivity index (χ1n) is 6.14. The van der Waals surface area contributed by atoms with Gasteiger partial charge in [0.2, 0.25) is 0 Å². The Morgan fingerprint density at radius 3 is 2.50 bits per heavy atom. The molecule has 0 aromatic rings. The topological polar surface area (TPSA) is 41.6 Å². The lowest BCUT2D eigenvalue weighted by Gasteiger charge is -2.33. The normalized spacial score (nSPS) is 19.6. The first-order valence-corrected chi connectivity index (χ1v) is 6.14. The molecule has 1 N–H and O–H groups in total. The Hall–Kier alpha value is -0.610. The Morgan fingerprint density at radius 2 is 2.12 bits per heavy atom. The van der Waals surface area contributed by atoms with E-state index in [1.165, 1.54) is 20.0 Å². The van der Waals surface area contributed by atoms with Crippen molar-refractivity contribution >= 4 is 5.97 Å². The molecule has 4 nitrogen and oxygen atoms in total. The van der Waals surface area contributed by atoms with Gasteiger partial charge in [-0.05, 0) is 32.9 Å². The molecule has 1 saturated carbocycles. The van der Waals surface area contributed by atoms with Crippen molar-refractivity contribution in [2.24, 2.45) is 0 Å². The second-order valence-corrected chi connectivity index (χ2v) is 4.65. The van der Waals surface area contributed by atoms with E-state index in [-0.39, 0.29) is 5.97 Å². The van der Waals surface area contributed by atoms with Crippen LogP contribution >= 0.6 is 0 Å². The maximum absolute atomic E-state index is 11.8. The molecule has 1 unspecified atom stereocenters. The van der Waals surface area contributed by atoms with Crippen LogP contribution in [0.5, 0.6) is 0 Å². The average Bonchev–Trinajstić information content (AvgIpc) is 3.09. The number of hydrogen-bond acceptors (Lipinski definition) is 4. The molecular weight excluding hydrogens is 204 g/mol. The summed E-state index contributed by atoms with van der Waals surface area (Å²) in [6, 6.07) is 0.674. The third-order valence-electron chi connectivity index (χ3n) is 3.19. The van der Waals surface area contributed by atoms with Gasteiger partial charge >= 0.3 is 5.97 Å². The van der Waals surface area contributed by atoms with E-state index in [4.69, 9.17) is 4.74 Å². The van der Waals surface area contributed by atoms with Crippen LogP contribution in [-0.2, 0) is 9.53 Å². The molecular formula is C12H24N2O2. The van der Waals surface area contributed by atoms with Crippen LogP contribution in [-0.4, -0.2) is 49.2 Å². The molecule has 0 aromatic carbocycles. The van der Waals surface area contributed by atoms with Gasteiger partial charge in [0, 0.05) is 12.6 Å². The highest BCUT2D eigenvalue weighted by Crippen LogP contribution is 2.28. The van der Waals surface area contributed by atoms with E-state index in [9.17, 15) is 4.79 Å². The van der Waals surface area contributed by atoms with Crippen LogP contribution in [0.15, 0.2) is 0 Å². The number of carbonyl (C=O) groups is 1. The number of nitrogens with one attached hydrogen (secondary N) is 1. The minimum atomic E-state index is -0.581. The van der Waals surface area contributed by atoms with Crippen LogP contribution in [0.1, 0.15) is 33.6 Å². The number of likely N-dealkylation sites (N-methyl/N-ethyl adjacent to an activating group) is 2. The monoisotopic (exact) mass is 228 g/mol. The van der Waals surface area contributed by atoms with Crippen LogP contribution in [0.2, 0.25) is 0 Å². The van der Waals surface area contributed by atoms with Crippen molar-refractivity contribution in [1.29, 1.82) is 0 Å². The Balaban J connectivity index is 2.64. The molecule has 0 heterocycles. The van der Waals surface area contributed by atoms with E-state index in [0.717, 1.165) is 19.6 Å². The molecule has 1 atom stereocenters. The van der Waals surface area contributed by atoms with Crippen molar-refractivity contribution in [2.45, 2.75) is 45.2 Å². The summed E-state index contributed by atoms with van der Waals surface area (Å²) in [4.78, 5) is 14.2. The van der Waals surface area contributed by atoms with Crippen molar-refractivity contribution in [3.05, 3.63) is 0 Å². The minimum absolute atomic E-state index is 0.173. The standard InChI is InChI=1S/C12H24N2O2/c1-5-13-12(3,11(15)16-4)9-14(6-2)10-7-8-10/h10,13H,5-9H2,1-4H3. The van der Waals surface area contributed by atoms with Crippen LogP contribution in [0.3, 0.4) is 0 Å². The second-order valence-electron chi connectivity index (χ2n) is 4.65. The third-order valence-corrected chi connectivity index (χ3v) is 3.19. The van der Waals surface area contributed by atoms with Crippen LogP contribution in [0.25, 0.3) is 0 Å². The first kappa shape index (κ1) is 13.5. The van der Waals surface area contributed by atoms with Crippen molar-refractivity contribution in [2.75, 3.05) is 26.7 Å². The summed E-state index contributed by atoms with van der Waals surface area (Å²) in [5.41, 5.74) is -0.581. The summed E-state index contributed by atoms with van der Waals surface area (Å²) < 4.78 is 4.89. The Bertz CT molecular complexity index is 241. The van der Waals surface area contributed by atoms with Gasteiger partial charge in [0.15, 0.2) is 0 Å². The molecule has 0 saturated heterocycles. The highest BCUT2D eigenvalue weighted by molar-refractivity contribution is 5.80. The largest absolute Gasteiger partial charge is 0.468 e. The SMILES string of the molecule is CCNC(C)(CN(CC)C1CC1)C(=O)OC. The summed E-state index contributed by atoms with van der Waals surface area (Å²) in [6.07, 6.45) is 2.52. The molecule has 0 spiro atoms. The zero-order valence-electron chi connectivity index (χ0n) is 10.9. The van der Waals surface area contributed by atoms with Gasteiger partial charge in [-0.15, -0.1) is 0 Å². The fraction of sp³-hybridized carbons (Fsp3) is 0.917. The minimum Gasteiger partial charge on any atom is -0.468 e. The molecule has 1 aliphatic carbocycles. The van der Waals surface area contributed by atoms with Gasteiger partial charge in [-0.3, -0.25) is 9.69 Å². The molecule has 0 amide bonds. The quantitative estimate of drug-likeness (QED) is 0.660. The molecule has 94 valence electrons. The molecule has 4 heteroatoms. The lowest BCUT2D eigenvalue weighted by Crippen LogP contribution is -2.57. The summed E-state index contributed by atoms with van der Waals surface area (Å²) >= 11 is 0. The maximum atomic E-state index is 11.8. The molecule has 16 heavy (non-hydrogen) atoms. The van der Waals surface area contributed by atoms with Gasteiger partial charge in [0.05, 0.1) is 7.11 Å². The molecule has 0 aliphatic heterocycles. The highest BCUT2D eigenvalue weighted by atomic mass is 16.5. The molecule has 1 aliphatic rings. The summed E-state index contributed by atoms with van der Waals surface area (Å²) in [5, 5.41) is 3.24. The van der Waals surface area contributed by atoms with Crippen molar-refractivity contribution in [3.63, 3.8) is 0 Å². The number of esters is 1. The summed E-state index contributed by atoms with van der Waals surface area (Å²) in [5.74, 6) is -0.173. The first-order chi connectivity index (χ1) is 7.57. The van der Waals surface area contributed by atoms with E-state index in [1.54, 1.807) is 0 Å². The molecule has 0 radical (unpaired) electrons. The molecule has 0 aromatic heterocycles. The number of nitrogens with zero attached hydrogens (tertiary/aromatic N) is 1. The fourth-order valence-electron chi connectivity index (χ4n) is 2.15. The van der Waals surface area contributed by atoms with Crippen molar-refractivity contribution < 1.29 is 9.53 Å². The average molecular weight is 228 g/mol. The lowest BCUT2D eigenvalue weighted by molar-refractivity contribution is -0.148. The van der Waals surface area contributed by atoms with Crippen LogP contribution in [0, 0.1) is 0 Å². The Labute approximate surface area is 98.3 Å². The molecule has 0 bridgehead atoms. The zero-order chi connectivity index (χ0) is 12.2. The Morgan fingerprint density at radius 1 is 1.50 bits per heavy atom. The van der Waals surface area contributed by atoms with Crippen molar-refractivity contribution in [1.82, 2.24) is 10.2 Å². The summed E-state index contributed by atoms with van der Waals surface area (Å²) in [6.45, 7) is 8.56.